The lowest BCUT2D eigenvalue weighted by atomic mass is 9.95. The van der Waals surface area contributed by atoms with E-state index in [1.807, 2.05) is 18.2 Å². The molecule has 0 amide bonds. The second-order valence-electron chi connectivity index (χ2n) is 5.11. The first-order valence-corrected chi connectivity index (χ1v) is 8.28. The fourth-order valence-corrected chi connectivity index (χ4v) is 3.53. The third kappa shape index (κ3) is 3.23. The maximum atomic E-state index is 6.42. The summed E-state index contributed by atoms with van der Waals surface area (Å²) in [6.45, 7) is 0. The van der Waals surface area contributed by atoms with Crippen LogP contribution in [0.4, 0.5) is 0 Å². The van der Waals surface area contributed by atoms with Crippen LogP contribution >= 0.6 is 34.2 Å². The highest BCUT2D eigenvalue weighted by Crippen LogP contribution is 2.27. The van der Waals surface area contributed by atoms with E-state index in [0.29, 0.717) is 0 Å². The second-order valence-corrected chi connectivity index (χ2v) is 6.71. The Morgan fingerprint density at radius 2 is 1.76 bits per heavy atom. The topological polar surface area (TPSA) is 26.0 Å². The van der Waals surface area contributed by atoms with Gasteiger partial charge in [-0.3, -0.25) is 0 Å². The third-order valence-electron chi connectivity index (χ3n) is 3.68. The Bertz CT molecular complexity index is 780. The molecule has 0 aromatic heterocycles. The Morgan fingerprint density at radius 1 is 1.00 bits per heavy atom. The van der Waals surface area contributed by atoms with Crippen LogP contribution in [0.2, 0.25) is 5.02 Å². The van der Waals surface area contributed by atoms with Gasteiger partial charge in [0.2, 0.25) is 0 Å². The fraction of sp³-hybridized carbons (Fsp3) is 0.111. The summed E-state index contributed by atoms with van der Waals surface area (Å²) in [6.07, 6.45) is 0.803. The van der Waals surface area contributed by atoms with E-state index in [4.69, 9.17) is 17.3 Å². The largest absolute Gasteiger partial charge is 0.324 e. The van der Waals surface area contributed by atoms with Gasteiger partial charge in [-0.05, 0) is 69.1 Å². The molecule has 1 unspecified atom stereocenters. The summed E-state index contributed by atoms with van der Waals surface area (Å²) in [5, 5.41) is 3.26. The minimum absolute atomic E-state index is 0.0543. The number of halogens is 2. The average molecular weight is 408 g/mol. The van der Waals surface area contributed by atoms with Crippen LogP contribution in [0.3, 0.4) is 0 Å². The first-order valence-electron chi connectivity index (χ1n) is 6.82. The van der Waals surface area contributed by atoms with Gasteiger partial charge in [0.15, 0.2) is 0 Å². The van der Waals surface area contributed by atoms with Crippen molar-refractivity contribution in [2.45, 2.75) is 12.5 Å². The van der Waals surface area contributed by atoms with Crippen LogP contribution in [0.15, 0.2) is 60.7 Å². The van der Waals surface area contributed by atoms with E-state index >= 15 is 0 Å². The van der Waals surface area contributed by atoms with Crippen molar-refractivity contribution in [1.82, 2.24) is 0 Å². The summed E-state index contributed by atoms with van der Waals surface area (Å²) in [5.74, 6) is 0. The molecule has 0 bridgehead atoms. The van der Waals surface area contributed by atoms with E-state index in [0.717, 1.165) is 20.6 Å². The van der Waals surface area contributed by atoms with Crippen LogP contribution in [0, 0.1) is 3.57 Å². The molecule has 0 aliphatic rings. The van der Waals surface area contributed by atoms with Crippen LogP contribution in [0.5, 0.6) is 0 Å². The van der Waals surface area contributed by atoms with Gasteiger partial charge in [0.1, 0.15) is 0 Å². The normalized spacial score (nSPS) is 12.5. The monoisotopic (exact) mass is 407 g/mol. The van der Waals surface area contributed by atoms with Crippen molar-refractivity contribution >= 4 is 45.0 Å². The van der Waals surface area contributed by atoms with Crippen molar-refractivity contribution < 1.29 is 0 Å². The van der Waals surface area contributed by atoms with E-state index in [1.54, 1.807) is 0 Å². The Morgan fingerprint density at radius 3 is 2.62 bits per heavy atom. The first kappa shape index (κ1) is 14.8. The van der Waals surface area contributed by atoms with Gasteiger partial charge >= 0.3 is 0 Å². The summed E-state index contributed by atoms with van der Waals surface area (Å²) in [5.41, 5.74) is 8.81. The van der Waals surface area contributed by atoms with Crippen molar-refractivity contribution in [2.75, 3.05) is 0 Å². The van der Waals surface area contributed by atoms with E-state index < -0.39 is 0 Å². The molecule has 0 saturated heterocycles. The molecule has 0 heterocycles. The first-order chi connectivity index (χ1) is 10.1. The minimum Gasteiger partial charge on any atom is -0.324 e. The van der Waals surface area contributed by atoms with E-state index in [9.17, 15) is 0 Å². The molecule has 0 fully saturated rings. The summed E-state index contributed by atoms with van der Waals surface area (Å²) in [6, 6.07) is 20.6. The molecule has 106 valence electrons. The van der Waals surface area contributed by atoms with Crippen LogP contribution in [-0.2, 0) is 6.42 Å². The molecule has 2 N–H and O–H groups in total. The lowest BCUT2D eigenvalue weighted by Gasteiger charge is -2.16. The average Bonchev–Trinajstić information content (AvgIpc) is 2.50. The smallest absolute Gasteiger partial charge is 0.0410 e. The zero-order chi connectivity index (χ0) is 14.8. The molecule has 3 aromatic carbocycles. The van der Waals surface area contributed by atoms with Gasteiger partial charge in [0.25, 0.3) is 0 Å². The van der Waals surface area contributed by atoms with Gasteiger partial charge in [0, 0.05) is 14.6 Å². The summed E-state index contributed by atoms with van der Waals surface area (Å²) in [4.78, 5) is 0. The van der Waals surface area contributed by atoms with Gasteiger partial charge in [-0.2, -0.15) is 0 Å². The molecule has 3 rings (SSSR count). The van der Waals surface area contributed by atoms with Crippen molar-refractivity contribution in [1.29, 1.82) is 0 Å². The molecule has 0 radical (unpaired) electrons. The zero-order valence-electron chi connectivity index (χ0n) is 11.4. The van der Waals surface area contributed by atoms with Gasteiger partial charge in [-0.1, -0.05) is 54.1 Å². The van der Waals surface area contributed by atoms with Crippen molar-refractivity contribution in [3.05, 3.63) is 80.4 Å². The zero-order valence-corrected chi connectivity index (χ0v) is 14.3. The number of hydrogen-bond acceptors (Lipinski definition) is 1. The molecule has 3 heteroatoms. The van der Waals surface area contributed by atoms with Crippen LogP contribution in [-0.4, -0.2) is 0 Å². The Labute approximate surface area is 143 Å². The van der Waals surface area contributed by atoms with Gasteiger partial charge < -0.3 is 5.73 Å². The molecule has 1 nitrogen and oxygen atoms in total. The van der Waals surface area contributed by atoms with Gasteiger partial charge in [-0.25, -0.2) is 0 Å². The highest BCUT2D eigenvalue weighted by Gasteiger charge is 2.12. The Kier molecular flexibility index (Phi) is 4.48. The van der Waals surface area contributed by atoms with Crippen LogP contribution in [0.25, 0.3) is 10.8 Å². The highest BCUT2D eigenvalue weighted by molar-refractivity contribution is 14.1. The number of hydrogen-bond donors (Lipinski definition) is 1. The Balaban J connectivity index is 1.96. The number of nitrogens with two attached hydrogens (primary N) is 1. The summed E-state index contributed by atoms with van der Waals surface area (Å²) >= 11 is 8.41. The summed E-state index contributed by atoms with van der Waals surface area (Å²) in [7, 11) is 0. The molecular formula is C18H15ClIN. The van der Waals surface area contributed by atoms with Gasteiger partial charge in [0.05, 0.1) is 0 Å². The van der Waals surface area contributed by atoms with E-state index in [1.165, 1.54) is 16.3 Å². The van der Waals surface area contributed by atoms with Crippen LogP contribution in [0.1, 0.15) is 17.2 Å². The predicted molar refractivity (Wildman–Crippen MR) is 98.7 cm³/mol. The molecule has 0 aliphatic carbocycles. The van der Waals surface area contributed by atoms with E-state index in [2.05, 4.69) is 65.1 Å². The standard InChI is InChI=1S/C18H15ClIN/c19-14-8-9-17(20)16(11-14)18(21)10-13-6-3-5-12-4-1-2-7-15(12)13/h1-9,11,18H,10,21H2. The summed E-state index contributed by atoms with van der Waals surface area (Å²) < 4.78 is 1.16. The van der Waals surface area contributed by atoms with Crippen molar-refractivity contribution in [3.63, 3.8) is 0 Å². The maximum Gasteiger partial charge on any atom is 0.0410 e. The number of rotatable bonds is 3. The molecule has 1 atom stereocenters. The van der Waals surface area contributed by atoms with E-state index in [-0.39, 0.29) is 6.04 Å². The third-order valence-corrected chi connectivity index (χ3v) is 4.89. The second kappa shape index (κ2) is 6.34. The molecular weight excluding hydrogens is 393 g/mol. The predicted octanol–water partition coefficient (Wildman–Crippen LogP) is 5.34. The molecule has 3 aromatic rings. The molecule has 21 heavy (non-hydrogen) atoms. The number of fused-ring (bicyclic) bond motifs is 1. The number of benzene rings is 3. The van der Waals surface area contributed by atoms with Crippen molar-refractivity contribution in [2.24, 2.45) is 5.73 Å². The van der Waals surface area contributed by atoms with Crippen LogP contribution < -0.4 is 5.73 Å². The lowest BCUT2D eigenvalue weighted by Crippen LogP contribution is -2.15. The van der Waals surface area contributed by atoms with Crippen molar-refractivity contribution in [3.8, 4) is 0 Å². The quantitative estimate of drug-likeness (QED) is 0.583. The lowest BCUT2D eigenvalue weighted by molar-refractivity contribution is 0.721. The Hall–Kier alpha value is -1.10. The molecule has 0 aliphatic heterocycles. The molecule has 0 spiro atoms. The minimum atomic E-state index is -0.0543. The highest BCUT2D eigenvalue weighted by atomic mass is 127. The maximum absolute atomic E-state index is 6.42. The SMILES string of the molecule is NC(Cc1cccc2ccccc12)c1cc(Cl)ccc1I. The fourth-order valence-electron chi connectivity index (χ4n) is 2.62. The molecule has 0 saturated carbocycles. The van der Waals surface area contributed by atoms with Gasteiger partial charge in [-0.15, -0.1) is 0 Å².